The summed E-state index contributed by atoms with van der Waals surface area (Å²) in [6.07, 6.45) is 4.26. The molecule has 1 unspecified atom stereocenters. The fourth-order valence-electron chi connectivity index (χ4n) is 5.53. The molecule has 0 radical (unpaired) electrons. The molecule has 1 fully saturated rings. The number of primary amides is 1. The van der Waals surface area contributed by atoms with Crippen molar-refractivity contribution in [1.29, 1.82) is 0 Å². The first-order valence-corrected chi connectivity index (χ1v) is 13.8. The summed E-state index contributed by atoms with van der Waals surface area (Å²) in [4.78, 5) is 23.5. The van der Waals surface area contributed by atoms with Gasteiger partial charge in [0.15, 0.2) is 17.4 Å². The highest BCUT2D eigenvalue weighted by molar-refractivity contribution is 5.73. The van der Waals surface area contributed by atoms with Crippen molar-refractivity contribution in [2.45, 2.75) is 52.0 Å². The second kappa shape index (κ2) is 11.7. The Bertz CT molecular complexity index is 1390. The van der Waals surface area contributed by atoms with Crippen LogP contribution in [0.3, 0.4) is 0 Å². The summed E-state index contributed by atoms with van der Waals surface area (Å²) < 4.78 is 50.6. The molecule has 1 saturated heterocycles. The number of fused-ring (bicyclic) bond motifs is 1. The van der Waals surface area contributed by atoms with E-state index in [1.54, 1.807) is 17.0 Å². The molecular formula is C30H34F3N5O2. The number of piperidine rings is 1. The number of carbonyl (C=O) groups is 1. The van der Waals surface area contributed by atoms with Crippen LogP contribution in [0.2, 0.25) is 0 Å². The molecule has 0 aliphatic carbocycles. The standard InChI is InChI=1S/C30H34F3N5O2/c1-3-18(2)38-10-11-40-29-24(32)15-22(16-26(29)38)28-25(33)17-35-27(36-28)14-20-4-5-21(23(31)13-20)12-19-6-8-37(9-7-19)30(34)39/h4-5,13,15-19H,3,6-12,14H2,1-2H3,(H2,34,39). The number of anilines is 1. The van der Waals surface area contributed by atoms with Gasteiger partial charge in [-0.15, -0.1) is 0 Å². The Kier molecular flexibility index (Phi) is 8.14. The van der Waals surface area contributed by atoms with Gasteiger partial charge in [0.05, 0.1) is 18.4 Å². The van der Waals surface area contributed by atoms with Gasteiger partial charge in [-0.1, -0.05) is 19.1 Å². The molecular weight excluding hydrogens is 519 g/mol. The quantitative estimate of drug-likeness (QED) is 0.419. The van der Waals surface area contributed by atoms with Gasteiger partial charge in [-0.2, -0.15) is 0 Å². The van der Waals surface area contributed by atoms with Gasteiger partial charge >= 0.3 is 6.03 Å². The number of nitrogens with two attached hydrogens (primary N) is 1. The van der Waals surface area contributed by atoms with Gasteiger partial charge in [-0.25, -0.2) is 27.9 Å². The number of rotatable bonds is 7. The normalized spacial score (nSPS) is 16.4. The van der Waals surface area contributed by atoms with E-state index in [-0.39, 0.29) is 35.6 Å². The maximum atomic E-state index is 15.1. The van der Waals surface area contributed by atoms with E-state index >= 15 is 8.78 Å². The Balaban J connectivity index is 1.34. The lowest BCUT2D eigenvalue weighted by atomic mass is 9.89. The van der Waals surface area contributed by atoms with E-state index in [4.69, 9.17) is 10.5 Å². The summed E-state index contributed by atoms with van der Waals surface area (Å²) in [5.41, 5.74) is 7.46. The first-order valence-electron chi connectivity index (χ1n) is 13.8. The van der Waals surface area contributed by atoms with Crippen LogP contribution >= 0.6 is 0 Å². The molecule has 0 saturated carbocycles. The molecule has 2 aromatic carbocycles. The highest BCUT2D eigenvalue weighted by Gasteiger charge is 2.27. The minimum Gasteiger partial charge on any atom is -0.486 e. The molecule has 1 aromatic heterocycles. The predicted molar refractivity (Wildman–Crippen MR) is 147 cm³/mol. The van der Waals surface area contributed by atoms with Crippen LogP contribution in [0.5, 0.6) is 5.75 Å². The van der Waals surface area contributed by atoms with Crippen molar-refractivity contribution in [3.05, 3.63) is 70.9 Å². The zero-order valence-corrected chi connectivity index (χ0v) is 22.8. The summed E-state index contributed by atoms with van der Waals surface area (Å²) >= 11 is 0. The fourth-order valence-corrected chi connectivity index (χ4v) is 5.53. The smallest absolute Gasteiger partial charge is 0.314 e. The number of aromatic nitrogens is 2. The van der Waals surface area contributed by atoms with E-state index in [2.05, 4.69) is 28.7 Å². The molecule has 2 amide bonds. The SMILES string of the molecule is CCC(C)N1CCOc2c(F)cc(-c3nc(Cc4ccc(CC5CCN(C(N)=O)CC5)c(F)c4)ncc3F)cc21. The number of nitrogens with zero attached hydrogens (tertiary/aromatic N) is 4. The zero-order valence-electron chi connectivity index (χ0n) is 22.8. The van der Waals surface area contributed by atoms with Crippen molar-refractivity contribution in [2.24, 2.45) is 11.7 Å². The van der Waals surface area contributed by atoms with Crippen molar-refractivity contribution < 1.29 is 22.7 Å². The third-order valence-electron chi connectivity index (χ3n) is 8.02. The van der Waals surface area contributed by atoms with Gasteiger partial charge in [0.1, 0.15) is 23.9 Å². The molecule has 5 rings (SSSR count). The molecule has 1 atom stereocenters. The molecule has 2 N–H and O–H groups in total. The van der Waals surface area contributed by atoms with Crippen LogP contribution in [-0.2, 0) is 12.8 Å². The van der Waals surface area contributed by atoms with E-state index in [1.165, 1.54) is 12.1 Å². The monoisotopic (exact) mass is 553 g/mol. The van der Waals surface area contributed by atoms with Crippen LogP contribution in [-0.4, -0.2) is 53.2 Å². The minimum atomic E-state index is -0.668. The van der Waals surface area contributed by atoms with Crippen LogP contribution in [0.15, 0.2) is 36.5 Å². The number of amides is 2. The van der Waals surface area contributed by atoms with E-state index in [0.717, 1.165) is 25.5 Å². The van der Waals surface area contributed by atoms with E-state index < -0.39 is 17.7 Å². The number of benzene rings is 2. The lowest BCUT2D eigenvalue weighted by molar-refractivity contribution is 0.178. The lowest BCUT2D eigenvalue weighted by Gasteiger charge is -2.36. The number of carbonyl (C=O) groups excluding carboxylic acids is 1. The van der Waals surface area contributed by atoms with Crippen LogP contribution < -0.4 is 15.4 Å². The Morgan fingerprint density at radius 3 is 2.58 bits per heavy atom. The van der Waals surface area contributed by atoms with Gasteiger partial charge in [-0.3, -0.25) is 0 Å². The third-order valence-corrected chi connectivity index (χ3v) is 8.02. The molecule has 2 aliphatic heterocycles. The molecule has 10 heteroatoms. The predicted octanol–water partition coefficient (Wildman–Crippen LogP) is 5.48. The van der Waals surface area contributed by atoms with Crippen molar-refractivity contribution in [2.75, 3.05) is 31.1 Å². The number of ether oxygens (including phenoxy) is 1. The van der Waals surface area contributed by atoms with Gasteiger partial charge in [0.25, 0.3) is 0 Å². The maximum Gasteiger partial charge on any atom is 0.314 e. The highest BCUT2D eigenvalue weighted by Crippen LogP contribution is 2.39. The molecule has 0 bridgehead atoms. The topological polar surface area (TPSA) is 84.6 Å². The van der Waals surface area contributed by atoms with Crippen molar-refractivity contribution >= 4 is 11.7 Å². The summed E-state index contributed by atoms with van der Waals surface area (Å²) in [7, 11) is 0. The van der Waals surface area contributed by atoms with Crippen molar-refractivity contribution in [1.82, 2.24) is 14.9 Å². The fraction of sp³-hybridized carbons (Fsp3) is 0.433. The number of hydrogen-bond acceptors (Lipinski definition) is 5. The third kappa shape index (κ3) is 5.85. The van der Waals surface area contributed by atoms with Crippen molar-refractivity contribution in [3.63, 3.8) is 0 Å². The van der Waals surface area contributed by atoms with Gasteiger partial charge < -0.3 is 20.3 Å². The molecule has 3 aromatic rings. The van der Waals surface area contributed by atoms with Crippen molar-refractivity contribution in [3.8, 4) is 17.0 Å². The Labute approximate surface area is 232 Å². The van der Waals surface area contributed by atoms with Crippen LogP contribution in [0.25, 0.3) is 11.3 Å². The number of hydrogen-bond donors (Lipinski definition) is 1. The summed E-state index contributed by atoms with van der Waals surface area (Å²) in [6, 6.07) is 7.72. The van der Waals surface area contributed by atoms with Gasteiger partial charge in [0.2, 0.25) is 0 Å². The average molecular weight is 554 g/mol. The Hall–Kier alpha value is -3.82. The molecule has 2 aliphatic rings. The largest absolute Gasteiger partial charge is 0.486 e. The van der Waals surface area contributed by atoms with E-state index in [1.807, 2.05) is 6.07 Å². The summed E-state index contributed by atoms with van der Waals surface area (Å²) in [6.45, 7) is 6.27. The number of likely N-dealkylation sites (tertiary alicyclic amines) is 1. The number of halogens is 3. The Morgan fingerprint density at radius 1 is 1.10 bits per heavy atom. The summed E-state index contributed by atoms with van der Waals surface area (Å²) in [5.74, 6) is -0.817. The second-order valence-corrected chi connectivity index (χ2v) is 10.7. The first kappa shape index (κ1) is 27.7. The summed E-state index contributed by atoms with van der Waals surface area (Å²) in [5, 5.41) is 0. The van der Waals surface area contributed by atoms with E-state index in [0.29, 0.717) is 60.9 Å². The average Bonchev–Trinajstić information content (AvgIpc) is 2.95. The maximum absolute atomic E-state index is 15.1. The van der Waals surface area contributed by atoms with Crippen LogP contribution in [0.1, 0.15) is 50.1 Å². The van der Waals surface area contributed by atoms with E-state index in [9.17, 15) is 9.18 Å². The molecule has 212 valence electrons. The van der Waals surface area contributed by atoms with Gasteiger partial charge in [0, 0.05) is 31.1 Å². The zero-order chi connectivity index (χ0) is 28.4. The Morgan fingerprint density at radius 2 is 1.88 bits per heavy atom. The van der Waals surface area contributed by atoms with Crippen LogP contribution in [0.4, 0.5) is 23.7 Å². The van der Waals surface area contributed by atoms with Crippen LogP contribution in [0, 0.1) is 23.4 Å². The second-order valence-electron chi connectivity index (χ2n) is 10.7. The molecule has 7 nitrogen and oxygen atoms in total. The first-order chi connectivity index (χ1) is 19.2. The lowest BCUT2D eigenvalue weighted by Crippen LogP contribution is -2.41. The molecule has 0 spiro atoms. The molecule has 40 heavy (non-hydrogen) atoms. The minimum absolute atomic E-state index is 0.0132. The molecule has 3 heterocycles. The number of urea groups is 1. The van der Waals surface area contributed by atoms with Gasteiger partial charge in [-0.05, 0) is 67.9 Å². The highest BCUT2D eigenvalue weighted by atomic mass is 19.1.